The highest BCUT2D eigenvalue weighted by atomic mass is 16.6. The van der Waals surface area contributed by atoms with E-state index in [1.807, 2.05) is 0 Å². The number of alkyl carbamates (subject to hydrolysis) is 1. The van der Waals surface area contributed by atoms with E-state index >= 15 is 0 Å². The van der Waals surface area contributed by atoms with Gasteiger partial charge in [-0.2, -0.15) is 0 Å². The Morgan fingerprint density at radius 3 is 1.79 bits per heavy atom. The number of carboxylic acid groups (broad SMARTS) is 1. The number of aliphatic carboxylic acids is 1. The number of aliphatic hydroxyl groups excluding tert-OH is 1. The van der Waals surface area contributed by atoms with Gasteiger partial charge in [0, 0.05) is 25.1 Å². The molecule has 1 amide bonds. The smallest absolute Gasteiger partial charge is 0.408 e. The zero-order valence-electron chi connectivity index (χ0n) is 17.8. The van der Waals surface area contributed by atoms with Gasteiger partial charge in [0.1, 0.15) is 11.6 Å². The average Bonchev–Trinajstić information content (AvgIpc) is 2.62. The molecular formula is C21H40N2O5. The molecule has 2 fully saturated rings. The molecule has 1 atom stereocenters. The molecule has 2 aliphatic rings. The first-order valence-electron chi connectivity index (χ1n) is 10.8. The second-order valence-corrected chi connectivity index (χ2v) is 8.89. The molecule has 0 heterocycles. The number of rotatable bonds is 6. The molecular weight excluding hydrogens is 360 g/mol. The van der Waals surface area contributed by atoms with Crippen LogP contribution < -0.4 is 10.6 Å². The van der Waals surface area contributed by atoms with E-state index in [1.54, 1.807) is 20.8 Å². The van der Waals surface area contributed by atoms with Gasteiger partial charge in [-0.15, -0.1) is 0 Å². The maximum absolute atomic E-state index is 11.2. The van der Waals surface area contributed by atoms with Crippen LogP contribution in [-0.4, -0.2) is 52.6 Å². The van der Waals surface area contributed by atoms with Crippen molar-refractivity contribution in [3.63, 3.8) is 0 Å². The molecule has 7 nitrogen and oxygen atoms in total. The molecule has 2 rings (SSSR count). The fraction of sp³-hybridized carbons (Fsp3) is 0.905. The van der Waals surface area contributed by atoms with Crippen LogP contribution in [0.15, 0.2) is 0 Å². The first-order valence-corrected chi connectivity index (χ1v) is 10.8. The van der Waals surface area contributed by atoms with Gasteiger partial charge in [-0.05, 0) is 46.5 Å². The summed E-state index contributed by atoms with van der Waals surface area (Å²) in [5.74, 6) is -1.20. The van der Waals surface area contributed by atoms with Crippen molar-refractivity contribution in [2.75, 3.05) is 6.61 Å². The third kappa shape index (κ3) is 11.5. The minimum absolute atomic E-state index is 0.0470. The molecule has 0 aliphatic heterocycles. The standard InChI is InChI=1S/C12H23N.C9H17NO5/c1-3-7-11(8-4-1)13-12-9-5-2-6-10-12;1-9(2,3)15-8(14)10-6(4-5-11)7(12)13/h11-13H,1-10H2;6,11H,4-5H2,1-3H3,(H,10,14)(H,12,13)/t;6-/m.0/s1. The minimum Gasteiger partial charge on any atom is -0.480 e. The van der Waals surface area contributed by atoms with Crippen LogP contribution in [0.3, 0.4) is 0 Å². The quantitative estimate of drug-likeness (QED) is 0.543. The van der Waals surface area contributed by atoms with Gasteiger partial charge in [0.15, 0.2) is 0 Å². The second-order valence-electron chi connectivity index (χ2n) is 8.89. The predicted octanol–water partition coefficient (Wildman–Crippen LogP) is 3.59. The van der Waals surface area contributed by atoms with Crippen molar-refractivity contribution in [3.05, 3.63) is 0 Å². The minimum atomic E-state index is -1.20. The van der Waals surface area contributed by atoms with E-state index in [4.69, 9.17) is 14.9 Å². The van der Waals surface area contributed by atoms with E-state index in [2.05, 4.69) is 10.6 Å². The number of hydrogen-bond acceptors (Lipinski definition) is 5. The Hall–Kier alpha value is -1.34. The maximum atomic E-state index is 11.2. The molecule has 0 spiro atoms. The zero-order chi connectivity index (χ0) is 21.0. The Kier molecular flexibility index (Phi) is 11.5. The molecule has 0 saturated heterocycles. The summed E-state index contributed by atoms with van der Waals surface area (Å²) in [5, 5.41) is 23.3. The molecule has 4 N–H and O–H groups in total. The summed E-state index contributed by atoms with van der Waals surface area (Å²) in [6.45, 7) is 4.71. The van der Waals surface area contributed by atoms with Crippen LogP contribution in [0.4, 0.5) is 4.79 Å². The molecule has 2 saturated carbocycles. The molecule has 28 heavy (non-hydrogen) atoms. The summed E-state index contributed by atoms with van der Waals surface area (Å²) in [7, 11) is 0. The van der Waals surface area contributed by atoms with E-state index in [1.165, 1.54) is 64.2 Å². The Labute approximate surface area is 169 Å². The van der Waals surface area contributed by atoms with Crippen molar-refractivity contribution in [2.24, 2.45) is 0 Å². The van der Waals surface area contributed by atoms with Crippen LogP contribution in [-0.2, 0) is 9.53 Å². The Balaban J connectivity index is 0.000000281. The Morgan fingerprint density at radius 2 is 1.43 bits per heavy atom. The number of ether oxygens (including phenoxy) is 1. The number of nitrogens with one attached hydrogen (secondary N) is 2. The topological polar surface area (TPSA) is 108 Å². The van der Waals surface area contributed by atoms with Gasteiger partial charge >= 0.3 is 12.1 Å². The largest absolute Gasteiger partial charge is 0.480 e. The molecule has 0 aromatic rings. The van der Waals surface area contributed by atoms with Gasteiger partial charge in [-0.3, -0.25) is 0 Å². The third-order valence-electron chi connectivity index (χ3n) is 5.09. The Bertz CT molecular complexity index is 436. The summed E-state index contributed by atoms with van der Waals surface area (Å²) >= 11 is 0. The first kappa shape index (κ1) is 24.7. The van der Waals surface area contributed by atoms with Crippen LogP contribution >= 0.6 is 0 Å². The van der Waals surface area contributed by atoms with Gasteiger partial charge in [-0.25, -0.2) is 9.59 Å². The van der Waals surface area contributed by atoms with Crippen LogP contribution in [0.25, 0.3) is 0 Å². The lowest BCUT2D eigenvalue weighted by atomic mass is 9.91. The maximum Gasteiger partial charge on any atom is 0.408 e. The zero-order valence-corrected chi connectivity index (χ0v) is 17.8. The van der Waals surface area contributed by atoms with Crippen molar-refractivity contribution in [1.29, 1.82) is 0 Å². The van der Waals surface area contributed by atoms with Crippen LogP contribution in [0.5, 0.6) is 0 Å². The lowest BCUT2D eigenvalue weighted by molar-refractivity contribution is -0.139. The second kappa shape index (κ2) is 13.0. The summed E-state index contributed by atoms with van der Waals surface area (Å²) in [6.07, 6.45) is 13.7. The van der Waals surface area contributed by atoms with Crippen LogP contribution in [0, 0.1) is 0 Å². The van der Waals surface area contributed by atoms with E-state index < -0.39 is 23.7 Å². The van der Waals surface area contributed by atoms with Crippen LogP contribution in [0.2, 0.25) is 0 Å². The van der Waals surface area contributed by atoms with Gasteiger partial charge in [0.05, 0.1) is 0 Å². The summed E-state index contributed by atoms with van der Waals surface area (Å²) in [4.78, 5) is 21.8. The van der Waals surface area contributed by atoms with Gasteiger partial charge in [-0.1, -0.05) is 38.5 Å². The normalized spacial score (nSPS) is 19.9. The van der Waals surface area contributed by atoms with E-state index in [0.29, 0.717) is 0 Å². The third-order valence-corrected chi connectivity index (χ3v) is 5.09. The van der Waals surface area contributed by atoms with Crippen molar-refractivity contribution < 1.29 is 24.5 Å². The van der Waals surface area contributed by atoms with E-state index in [9.17, 15) is 9.59 Å². The fourth-order valence-corrected chi connectivity index (χ4v) is 3.71. The number of carboxylic acids is 1. The number of carbonyl (C=O) groups excluding carboxylic acids is 1. The molecule has 164 valence electrons. The van der Waals surface area contributed by atoms with Gasteiger partial charge < -0.3 is 25.6 Å². The molecule has 0 bridgehead atoms. The first-order chi connectivity index (χ1) is 13.2. The molecule has 2 aliphatic carbocycles. The van der Waals surface area contributed by atoms with Gasteiger partial charge in [0.25, 0.3) is 0 Å². The highest BCUT2D eigenvalue weighted by Crippen LogP contribution is 2.22. The van der Waals surface area contributed by atoms with Crippen molar-refractivity contribution in [1.82, 2.24) is 10.6 Å². The van der Waals surface area contributed by atoms with Crippen LogP contribution in [0.1, 0.15) is 91.4 Å². The highest BCUT2D eigenvalue weighted by molar-refractivity contribution is 5.79. The van der Waals surface area contributed by atoms with Gasteiger partial charge in [0.2, 0.25) is 0 Å². The summed E-state index contributed by atoms with van der Waals surface area (Å²) < 4.78 is 4.87. The Morgan fingerprint density at radius 1 is 0.964 bits per heavy atom. The predicted molar refractivity (Wildman–Crippen MR) is 109 cm³/mol. The molecule has 7 heteroatoms. The van der Waals surface area contributed by atoms with E-state index in [-0.39, 0.29) is 13.0 Å². The molecule has 0 radical (unpaired) electrons. The van der Waals surface area contributed by atoms with Crippen molar-refractivity contribution >= 4 is 12.1 Å². The van der Waals surface area contributed by atoms with E-state index in [0.717, 1.165) is 12.1 Å². The average molecular weight is 401 g/mol. The molecule has 0 aromatic heterocycles. The summed E-state index contributed by atoms with van der Waals surface area (Å²) in [6, 6.07) is 0.624. The highest BCUT2D eigenvalue weighted by Gasteiger charge is 2.23. The molecule has 0 unspecified atom stereocenters. The summed E-state index contributed by atoms with van der Waals surface area (Å²) in [5.41, 5.74) is -0.674. The number of amides is 1. The number of aliphatic hydroxyl groups is 1. The lowest BCUT2D eigenvalue weighted by Gasteiger charge is -2.30. The van der Waals surface area contributed by atoms with Crippen molar-refractivity contribution in [3.8, 4) is 0 Å². The number of hydrogen-bond donors (Lipinski definition) is 4. The SMILES string of the molecule is C1CCC(NC2CCCCC2)CC1.CC(C)(C)OC(=O)N[C@@H](CCO)C(=O)O. The monoisotopic (exact) mass is 400 g/mol. The van der Waals surface area contributed by atoms with Crippen molar-refractivity contribution in [2.45, 2.75) is 115 Å². The lowest BCUT2D eigenvalue weighted by Crippen LogP contribution is -2.43. The molecule has 0 aromatic carbocycles. The number of carbonyl (C=O) groups is 2. The fourth-order valence-electron chi connectivity index (χ4n) is 3.71.